The molecule has 0 radical (unpaired) electrons. The first kappa shape index (κ1) is 17.8. The summed E-state index contributed by atoms with van der Waals surface area (Å²) in [5, 5.41) is 5.24. The molecule has 2 aromatic rings. The molecule has 7 nitrogen and oxygen atoms in total. The van der Waals surface area contributed by atoms with Crippen LogP contribution in [0.15, 0.2) is 36.5 Å². The third kappa shape index (κ3) is 5.01. The Balaban J connectivity index is 1.53. The molecule has 26 heavy (non-hydrogen) atoms. The van der Waals surface area contributed by atoms with Crippen LogP contribution in [0.25, 0.3) is 0 Å². The van der Waals surface area contributed by atoms with Crippen molar-refractivity contribution in [3.05, 3.63) is 42.2 Å². The van der Waals surface area contributed by atoms with Gasteiger partial charge in [-0.3, -0.25) is 0 Å². The topological polar surface area (TPSA) is 79.4 Å². The number of rotatable bonds is 6. The molecule has 2 heterocycles. The largest absolute Gasteiger partial charge is 0.435 e. The maximum atomic E-state index is 12.2. The molecule has 1 aliphatic heterocycles. The highest BCUT2D eigenvalue weighted by molar-refractivity contribution is 5.89. The van der Waals surface area contributed by atoms with E-state index >= 15 is 0 Å². The van der Waals surface area contributed by atoms with E-state index in [0.29, 0.717) is 17.3 Å². The van der Waals surface area contributed by atoms with Crippen molar-refractivity contribution in [3.8, 4) is 5.75 Å². The molecule has 0 aliphatic carbocycles. The van der Waals surface area contributed by atoms with E-state index < -0.39 is 12.6 Å². The molecule has 0 unspecified atom stereocenters. The van der Waals surface area contributed by atoms with E-state index in [0.717, 1.165) is 25.9 Å². The van der Waals surface area contributed by atoms with Crippen LogP contribution >= 0.6 is 0 Å². The second-order valence-corrected chi connectivity index (χ2v) is 5.76. The van der Waals surface area contributed by atoms with E-state index in [-0.39, 0.29) is 12.3 Å². The van der Waals surface area contributed by atoms with Gasteiger partial charge in [0.05, 0.1) is 12.2 Å². The third-order valence-electron chi connectivity index (χ3n) is 3.84. The fraction of sp³-hybridized carbons (Fsp3) is 0.353. The van der Waals surface area contributed by atoms with Crippen LogP contribution in [0, 0.1) is 0 Å². The average Bonchev–Trinajstić information content (AvgIpc) is 3.15. The highest BCUT2D eigenvalue weighted by Crippen LogP contribution is 2.19. The minimum absolute atomic E-state index is 0.0242. The number of benzene rings is 1. The number of anilines is 2. The summed E-state index contributed by atoms with van der Waals surface area (Å²) >= 11 is 0. The summed E-state index contributed by atoms with van der Waals surface area (Å²) in [6, 6.07) is 7.06. The number of nitrogens with one attached hydrogen (secondary N) is 2. The number of nitrogens with zero attached hydrogens (tertiary/aromatic N) is 3. The van der Waals surface area contributed by atoms with Gasteiger partial charge in [-0.1, -0.05) is 6.07 Å². The van der Waals surface area contributed by atoms with Crippen molar-refractivity contribution in [2.24, 2.45) is 0 Å². The van der Waals surface area contributed by atoms with Gasteiger partial charge >= 0.3 is 12.6 Å². The van der Waals surface area contributed by atoms with E-state index in [1.165, 1.54) is 18.2 Å². The lowest BCUT2D eigenvalue weighted by Crippen LogP contribution is -2.29. The molecule has 2 amide bonds. The molecule has 138 valence electrons. The monoisotopic (exact) mass is 363 g/mol. The van der Waals surface area contributed by atoms with E-state index in [1.807, 2.05) is 0 Å². The minimum Gasteiger partial charge on any atom is -0.435 e. The summed E-state index contributed by atoms with van der Waals surface area (Å²) < 4.78 is 28.8. The van der Waals surface area contributed by atoms with Crippen molar-refractivity contribution in [3.63, 3.8) is 0 Å². The molecule has 1 aliphatic rings. The zero-order chi connectivity index (χ0) is 18.4. The average molecular weight is 363 g/mol. The smallest absolute Gasteiger partial charge is 0.387 e. The van der Waals surface area contributed by atoms with Gasteiger partial charge in [0.25, 0.3) is 0 Å². The first-order chi connectivity index (χ1) is 12.6. The second-order valence-electron chi connectivity index (χ2n) is 5.76. The highest BCUT2D eigenvalue weighted by Gasteiger charge is 2.15. The van der Waals surface area contributed by atoms with Crippen LogP contribution < -0.4 is 20.3 Å². The second kappa shape index (κ2) is 8.41. The third-order valence-corrected chi connectivity index (χ3v) is 3.84. The van der Waals surface area contributed by atoms with Gasteiger partial charge in [0.2, 0.25) is 5.95 Å². The zero-order valence-corrected chi connectivity index (χ0v) is 14.0. The lowest BCUT2D eigenvalue weighted by Gasteiger charge is -2.15. The maximum Gasteiger partial charge on any atom is 0.387 e. The quantitative estimate of drug-likeness (QED) is 0.825. The minimum atomic E-state index is -2.92. The normalized spacial score (nSPS) is 13.7. The standard InChI is InChI=1S/C17H19F2N5O2/c18-15(19)26-14-5-3-4-12(10-14)23-17(25)21-11-13-6-7-20-16(22-13)24-8-1-2-9-24/h3-7,10,15H,1-2,8-9,11H2,(H2,21,23,25). The van der Waals surface area contributed by atoms with Gasteiger partial charge in [0, 0.05) is 31.0 Å². The van der Waals surface area contributed by atoms with Crippen molar-refractivity contribution in [2.45, 2.75) is 26.0 Å². The zero-order valence-electron chi connectivity index (χ0n) is 14.0. The van der Waals surface area contributed by atoms with Crippen LogP contribution in [0.2, 0.25) is 0 Å². The van der Waals surface area contributed by atoms with E-state index in [4.69, 9.17) is 0 Å². The van der Waals surface area contributed by atoms with Crippen molar-refractivity contribution >= 4 is 17.7 Å². The van der Waals surface area contributed by atoms with Crippen LogP contribution in [-0.2, 0) is 6.54 Å². The van der Waals surface area contributed by atoms with Gasteiger partial charge in [-0.2, -0.15) is 8.78 Å². The van der Waals surface area contributed by atoms with Crippen LogP contribution in [0.3, 0.4) is 0 Å². The summed E-state index contributed by atoms with van der Waals surface area (Å²) in [5.41, 5.74) is 1.04. The molecular formula is C17H19F2N5O2. The maximum absolute atomic E-state index is 12.2. The summed E-state index contributed by atoms with van der Waals surface area (Å²) in [7, 11) is 0. The molecule has 1 fully saturated rings. The fourth-order valence-corrected chi connectivity index (χ4v) is 2.65. The number of amides is 2. The Hall–Kier alpha value is -2.97. The molecule has 9 heteroatoms. The lowest BCUT2D eigenvalue weighted by atomic mass is 10.3. The molecule has 2 N–H and O–H groups in total. The van der Waals surface area contributed by atoms with Crippen LogP contribution in [0.1, 0.15) is 18.5 Å². The Kier molecular flexibility index (Phi) is 5.77. The number of ether oxygens (including phenoxy) is 1. The van der Waals surface area contributed by atoms with Crippen molar-refractivity contribution in [2.75, 3.05) is 23.3 Å². The van der Waals surface area contributed by atoms with Crippen LogP contribution in [0.4, 0.5) is 25.2 Å². The fourth-order valence-electron chi connectivity index (χ4n) is 2.65. The number of carbonyl (C=O) groups excluding carboxylic acids is 1. The van der Waals surface area contributed by atoms with Gasteiger partial charge in [0.15, 0.2) is 0 Å². The molecular weight excluding hydrogens is 344 g/mol. The molecule has 0 bridgehead atoms. The van der Waals surface area contributed by atoms with Crippen molar-refractivity contribution in [1.82, 2.24) is 15.3 Å². The lowest BCUT2D eigenvalue weighted by molar-refractivity contribution is -0.0497. The Morgan fingerprint density at radius 3 is 2.85 bits per heavy atom. The predicted octanol–water partition coefficient (Wildman–Crippen LogP) is 3.00. The van der Waals surface area contributed by atoms with Gasteiger partial charge in [-0.25, -0.2) is 14.8 Å². The van der Waals surface area contributed by atoms with E-state index in [1.54, 1.807) is 18.3 Å². The Labute approximate surface area is 149 Å². The first-order valence-corrected chi connectivity index (χ1v) is 8.27. The number of urea groups is 1. The van der Waals surface area contributed by atoms with Gasteiger partial charge in [-0.15, -0.1) is 0 Å². The first-order valence-electron chi connectivity index (χ1n) is 8.27. The van der Waals surface area contributed by atoms with Gasteiger partial charge in [-0.05, 0) is 31.0 Å². The number of aromatic nitrogens is 2. The Morgan fingerprint density at radius 1 is 1.27 bits per heavy atom. The SMILES string of the molecule is O=C(NCc1ccnc(N2CCCC2)n1)Nc1cccc(OC(F)F)c1. The Morgan fingerprint density at radius 2 is 2.08 bits per heavy atom. The molecule has 1 aromatic heterocycles. The molecule has 0 spiro atoms. The molecule has 3 rings (SSSR count). The molecule has 1 aromatic carbocycles. The van der Waals surface area contributed by atoms with Crippen molar-refractivity contribution < 1.29 is 18.3 Å². The number of hydrogen-bond acceptors (Lipinski definition) is 5. The Bertz CT molecular complexity index is 753. The van der Waals surface area contributed by atoms with E-state index in [2.05, 4.69) is 30.2 Å². The molecule has 0 saturated carbocycles. The van der Waals surface area contributed by atoms with Gasteiger partial charge in [0.1, 0.15) is 5.75 Å². The van der Waals surface area contributed by atoms with Crippen molar-refractivity contribution in [1.29, 1.82) is 0 Å². The van der Waals surface area contributed by atoms with Gasteiger partial charge < -0.3 is 20.3 Å². The number of hydrogen-bond donors (Lipinski definition) is 2. The number of halogens is 2. The van der Waals surface area contributed by atoms with Crippen LogP contribution in [0.5, 0.6) is 5.75 Å². The molecule has 0 atom stereocenters. The van der Waals surface area contributed by atoms with Crippen LogP contribution in [-0.4, -0.2) is 35.7 Å². The van der Waals surface area contributed by atoms with E-state index in [9.17, 15) is 13.6 Å². The number of carbonyl (C=O) groups is 1. The summed E-state index contributed by atoms with van der Waals surface area (Å²) in [6.45, 7) is -0.813. The summed E-state index contributed by atoms with van der Waals surface area (Å²) in [6.07, 6.45) is 3.92. The predicted molar refractivity (Wildman–Crippen MR) is 92.4 cm³/mol. The highest BCUT2D eigenvalue weighted by atomic mass is 19.3. The summed E-state index contributed by atoms with van der Waals surface area (Å²) in [4.78, 5) is 22.8. The molecule has 1 saturated heterocycles. The summed E-state index contributed by atoms with van der Waals surface area (Å²) in [5.74, 6) is 0.642. The number of alkyl halides is 2.